The van der Waals surface area contributed by atoms with Crippen molar-refractivity contribution in [1.82, 2.24) is 0 Å². The van der Waals surface area contributed by atoms with Crippen molar-refractivity contribution in [2.75, 3.05) is 0 Å². The molecule has 0 radical (unpaired) electrons. The second-order valence-corrected chi connectivity index (χ2v) is 11.0. The Morgan fingerprint density at radius 1 is 0.909 bits per heavy atom. The molecular formula is C18H17ClN2Si. The molecule has 0 heterocycles. The number of rotatable bonds is 2. The van der Waals surface area contributed by atoms with Crippen LogP contribution in [-0.2, 0) is 0 Å². The molecule has 0 aliphatic heterocycles. The highest BCUT2D eigenvalue weighted by Gasteiger charge is 2.07. The molecule has 0 N–H and O–H groups in total. The van der Waals surface area contributed by atoms with E-state index in [4.69, 9.17) is 11.6 Å². The third-order valence-corrected chi connectivity index (χ3v) is 3.78. The Morgan fingerprint density at radius 3 is 2.27 bits per heavy atom. The molecule has 0 atom stereocenters. The van der Waals surface area contributed by atoms with E-state index in [2.05, 4.69) is 47.1 Å². The predicted molar refractivity (Wildman–Crippen MR) is 97.3 cm³/mol. The number of nitrogens with zero attached hydrogens (tertiary/aromatic N) is 2. The first-order valence-corrected chi connectivity index (χ1v) is 10.9. The molecule has 0 fully saturated rings. The molecule has 2 nitrogen and oxygen atoms in total. The molecule has 22 heavy (non-hydrogen) atoms. The minimum Gasteiger partial charge on any atom is -0.188 e. The second kappa shape index (κ2) is 7.24. The van der Waals surface area contributed by atoms with E-state index in [9.17, 15) is 0 Å². The van der Waals surface area contributed by atoms with Crippen LogP contribution in [0.15, 0.2) is 58.5 Å². The van der Waals surface area contributed by atoms with Crippen LogP contribution in [0.3, 0.4) is 0 Å². The fourth-order valence-electron chi connectivity index (χ4n) is 1.58. The van der Waals surface area contributed by atoms with Crippen LogP contribution in [0.25, 0.3) is 0 Å². The number of para-hydroxylation sites is 1. The van der Waals surface area contributed by atoms with E-state index in [0.717, 1.165) is 16.9 Å². The maximum atomic E-state index is 5.84. The molecule has 2 rings (SSSR count). The van der Waals surface area contributed by atoms with Crippen molar-refractivity contribution in [3.63, 3.8) is 0 Å². The van der Waals surface area contributed by atoms with E-state index >= 15 is 0 Å². The molecule has 4 heteroatoms. The predicted octanol–water partition coefficient (Wildman–Crippen LogP) is 5.71. The van der Waals surface area contributed by atoms with E-state index in [1.165, 1.54) is 0 Å². The summed E-state index contributed by atoms with van der Waals surface area (Å²) >= 11 is 5.84. The fraction of sp³-hybridized carbons (Fsp3) is 0.167. The summed E-state index contributed by atoms with van der Waals surface area (Å²) in [6.07, 6.45) is 0. The van der Waals surface area contributed by atoms with E-state index in [1.54, 1.807) is 12.1 Å². The molecule has 0 aromatic heterocycles. The third kappa shape index (κ3) is 5.35. The SMILES string of the molecule is C[Si](C)(C)C#Cc1ccccc1N=C=Nc1ccc(Cl)cc1. The summed E-state index contributed by atoms with van der Waals surface area (Å²) in [6, 6.07) is 17.7. The summed E-state index contributed by atoms with van der Waals surface area (Å²) in [5, 5.41) is 0.683. The van der Waals surface area contributed by atoms with Gasteiger partial charge in [-0.15, -0.1) is 5.54 Å². The van der Waals surface area contributed by atoms with Gasteiger partial charge < -0.3 is 0 Å². The van der Waals surface area contributed by atoms with Crippen molar-refractivity contribution < 1.29 is 0 Å². The molecule has 2 aromatic carbocycles. The van der Waals surface area contributed by atoms with E-state index in [1.807, 2.05) is 36.4 Å². The Labute approximate surface area is 137 Å². The Hall–Kier alpha value is -2.11. The highest BCUT2D eigenvalue weighted by atomic mass is 35.5. The van der Waals surface area contributed by atoms with Crippen LogP contribution in [0.2, 0.25) is 24.7 Å². The third-order valence-electron chi connectivity index (χ3n) is 2.65. The monoisotopic (exact) mass is 324 g/mol. The lowest BCUT2D eigenvalue weighted by molar-refractivity contribution is 1.47. The van der Waals surface area contributed by atoms with Crippen LogP contribution in [0.1, 0.15) is 5.56 Å². The van der Waals surface area contributed by atoms with Crippen molar-refractivity contribution in [3.8, 4) is 11.5 Å². The molecule has 110 valence electrons. The lowest BCUT2D eigenvalue weighted by Gasteiger charge is -2.03. The van der Waals surface area contributed by atoms with Gasteiger partial charge in [0.25, 0.3) is 0 Å². The summed E-state index contributed by atoms with van der Waals surface area (Å²) in [6.45, 7) is 6.65. The van der Waals surface area contributed by atoms with Gasteiger partial charge in [0.2, 0.25) is 0 Å². The Balaban J connectivity index is 2.27. The van der Waals surface area contributed by atoms with Crippen molar-refractivity contribution >= 4 is 37.1 Å². The van der Waals surface area contributed by atoms with Gasteiger partial charge in [0.15, 0.2) is 0 Å². The summed E-state index contributed by atoms with van der Waals surface area (Å²) in [5.74, 6) is 3.23. The first-order valence-electron chi connectivity index (χ1n) is 6.98. The van der Waals surface area contributed by atoms with Crippen LogP contribution in [0.4, 0.5) is 11.4 Å². The molecule has 0 saturated carbocycles. The first kappa shape index (κ1) is 16.3. The molecule has 0 spiro atoms. The van der Waals surface area contributed by atoms with Crippen LogP contribution < -0.4 is 0 Å². The largest absolute Gasteiger partial charge is 0.188 e. The summed E-state index contributed by atoms with van der Waals surface area (Å²) in [7, 11) is -1.41. The second-order valence-electron chi connectivity index (χ2n) is 5.82. The van der Waals surface area contributed by atoms with Crippen LogP contribution >= 0.6 is 11.6 Å². The van der Waals surface area contributed by atoms with Crippen molar-refractivity contribution in [1.29, 1.82) is 0 Å². The molecule has 0 unspecified atom stereocenters. The topological polar surface area (TPSA) is 24.7 Å². The molecule has 0 aliphatic rings. The van der Waals surface area contributed by atoms with Gasteiger partial charge in [-0.2, -0.15) is 9.98 Å². The molecular weight excluding hydrogens is 308 g/mol. The van der Waals surface area contributed by atoms with Crippen LogP contribution in [0.5, 0.6) is 0 Å². The fourth-order valence-corrected chi connectivity index (χ4v) is 2.22. The number of aliphatic imine (C=N–C) groups is 2. The minimum absolute atomic E-state index is 0.683. The normalized spacial score (nSPS) is 10.2. The van der Waals surface area contributed by atoms with Gasteiger partial charge in [-0.25, -0.2) is 0 Å². The van der Waals surface area contributed by atoms with Crippen molar-refractivity contribution in [2.24, 2.45) is 9.98 Å². The van der Waals surface area contributed by atoms with Crippen LogP contribution in [0, 0.1) is 11.5 Å². The standard InChI is InChI=1S/C18H17ClN2Si/c1-22(2,3)13-12-15-6-4-5-7-18(15)21-14-20-17-10-8-16(19)9-11-17/h4-11H,1-3H3. The number of halogens is 1. The molecule has 0 aliphatic carbocycles. The zero-order valence-corrected chi connectivity index (χ0v) is 14.6. The molecule has 0 bridgehead atoms. The first-order chi connectivity index (χ1) is 10.4. The Morgan fingerprint density at radius 2 is 1.59 bits per heavy atom. The number of hydrogen-bond acceptors (Lipinski definition) is 2. The van der Waals surface area contributed by atoms with Gasteiger partial charge in [0, 0.05) is 5.02 Å². The number of benzene rings is 2. The average Bonchev–Trinajstić information content (AvgIpc) is 2.47. The van der Waals surface area contributed by atoms with Gasteiger partial charge >= 0.3 is 0 Å². The van der Waals surface area contributed by atoms with E-state index < -0.39 is 8.07 Å². The molecule has 2 aromatic rings. The highest BCUT2D eigenvalue weighted by Crippen LogP contribution is 2.18. The van der Waals surface area contributed by atoms with Gasteiger partial charge in [0.05, 0.1) is 16.9 Å². The van der Waals surface area contributed by atoms with Crippen LogP contribution in [-0.4, -0.2) is 14.1 Å². The zero-order chi connectivity index (χ0) is 16.0. The maximum absolute atomic E-state index is 5.84. The van der Waals surface area contributed by atoms with Gasteiger partial charge in [-0.3, -0.25) is 0 Å². The lowest BCUT2D eigenvalue weighted by Crippen LogP contribution is -2.16. The molecule has 0 amide bonds. The highest BCUT2D eigenvalue weighted by molar-refractivity contribution is 6.83. The number of hydrogen-bond donors (Lipinski definition) is 0. The smallest absolute Gasteiger partial charge is 0.129 e. The van der Waals surface area contributed by atoms with E-state index in [0.29, 0.717) is 5.02 Å². The molecule has 0 saturated heterocycles. The lowest BCUT2D eigenvalue weighted by atomic mass is 10.2. The van der Waals surface area contributed by atoms with Gasteiger partial charge in [-0.05, 0) is 36.4 Å². The summed E-state index contributed by atoms with van der Waals surface area (Å²) < 4.78 is 0. The van der Waals surface area contributed by atoms with Crippen molar-refractivity contribution in [2.45, 2.75) is 19.6 Å². The van der Waals surface area contributed by atoms with Crippen molar-refractivity contribution in [3.05, 3.63) is 59.1 Å². The van der Waals surface area contributed by atoms with Gasteiger partial charge in [-0.1, -0.05) is 49.3 Å². The van der Waals surface area contributed by atoms with Gasteiger partial charge in [0.1, 0.15) is 14.1 Å². The minimum atomic E-state index is -1.41. The average molecular weight is 325 g/mol. The Kier molecular flexibility index (Phi) is 5.35. The Bertz CT molecular complexity index is 771. The quantitative estimate of drug-likeness (QED) is 0.384. The summed E-state index contributed by atoms with van der Waals surface area (Å²) in [5.41, 5.74) is 5.80. The van der Waals surface area contributed by atoms with E-state index in [-0.39, 0.29) is 0 Å². The maximum Gasteiger partial charge on any atom is 0.129 e. The zero-order valence-electron chi connectivity index (χ0n) is 12.9. The summed E-state index contributed by atoms with van der Waals surface area (Å²) in [4.78, 5) is 8.47.